The van der Waals surface area contributed by atoms with Crippen molar-refractivity contribution in [2.24, 2.45) is 0 Å². The van der Waals surface area contributed by atoms with E-state index in [0.717, 1.165) is 22.3 Å². The van der Waals surface area contributed by atoms with Crippen LogP contribution in [0.15, 0.2) is 146 Å². The standard InChI is InChI=1S/C48H40F6O6/c49-47(50,51)29-9-11-31-57-33-21-25-35(26-22-33)59-45(55)43-19-7-5-17-41(43)39-15-3-1-13-37(39)38-14-2-4-16-40(38)42-18-6-8-20-44(42)46(56)60-36-27-23-34(24-28-36)58-32-12-10-30-48(52,53)54/h1-8,13-28H,9-12,29-32H2. The first-order chi connectivity index (χ1) is 28.8. The van der Waals surface area contributed by atoms with Crippen LogP contribution in [0.25, 0.3) is 33.4 Å². The van der Waals surface area contributed by atoms with Gasteiger partial charge in [-0.15, -0.1) is 0 Å². The number of ether oxygens (including phenoxy) is 4. The van der Waals surface area contributed by atoms with Crippen LogP contribution in [0, 0.1) is 0 Å². The van der Waals surface area contributed by atoms with Gasteiger partial charge in [0.25, 0.3) is 0 Å². The van der Waals surface area contributed by atoms with Crippen LogP contribution in [-0.2, 0) is 0 Å². The van der Waals surface area contributed by atoms with Gasteiger partial charge in [-0.1, -0.05) is 84.9 Å². The molecule has 0 atom stereocenters. The van der Waals surface area contributed by atoms with Crippen molar-refractivity contribution >= 4 is 11.9 Å². The van der Waals surface area contributed by atoms with Gasteiger partial charge in [0, 0.05) is 12.8 Å². The lowest BCUT2D eigenvalue weighted by Crippen LogP contribution is -2.11. The highest BCUT2D eigenvalue weighted by Gasteiger charge is 2.27. The Morgan fingerprint density at radius 1 is 0.367 bits per heavy atom. The number of rotatable bonds is 17. The van der Waals surface area contributed by atoms with Crippen LogP contribution in [0.3, 0.4) is 0 Å². The molecule has 6 aromatic carbocycles. The second kappa shape index (κ2) is 19.9. The molecule has 6 nitrogen and oxygen atoms in total. The van der Waals surface area contributed by atoms with Crippen LogP contribution in [0.4, 0.5) is 26.3 Å². The minimum atomic E-state index is -4.20. The van der Waals surface area contributed by atoms with Crippen LogP contribution in [0.2, 0.25) is 0 Å². The molecule has 6 aromatic rings. The molecule has 0 radical (unpaired) electrons. The Morgan fingerprint density at radius 2 is 0.650 bits per heavy atom. The average molecular weight is 827 g/mol. The molecule has 6 rings (SSSR count). The number of benzene rings is 6. The first-order valence-corrected chi connectivity index (χ1v) is 19.3. The third kappa shape index (κ3) is 12.2. The molecule has 0 aromatic heterocycles. The summed E-state index contributed by atoms with van der Waals surface area (Å²) in [6, 6.07) is 41.8. The number of halogens is 6. The van der Waals surface area contributed by atoms with Crippen molar-refractivity contribution in [3.8, 4) is 56.4 Å². The summed E-state index contributed by atoms with van der Waals surface area (Å²) in [5.74, 6) is 0.161. The Kier molecular flexibility index (Phi) is 14.3. The first kappa shape index (κ1) is 43.0. The number of unbranched alkanes of at least 4 members (excludes halogenated alkanes) is 2. The van der Waals surface area contributed by atoms with Gasteiger partial charge in [-0.3, -0.25) is 0 Å². The van der Waals surface area contributed by atoms with E-state index in [1.165, 1.54) is 0 Å². The normalized spacial score (nSPS) is 11.5. The van der Waals surface area contributed by atoms with E-state index in [9.17, 15) is 35.9 Å². The van der Waals surface area contributed by atoms with Crippen molar-refractivity contribution in [3.63, 3.8) is 0 Å². The molecule has 310 valence electrons. The highest BCUT2D eigenvalue weighted by atomic mass is 19.4. The van der Waals surface area contributed by atoms with Gasteiger partial charge in [0.15, 0.2) is 0 Å². The smallest absolute Gasteiger partial charge is 0.389 e. The van der Waals surface area contributed by atoms with E-state index in [1.54, 1.807) is 72.8 Å². The molecule has 0 N–H and O–H groups in total. The average Bonchev–Trinajstić information content (AvgIpc) is 3.24. The largest absolute Gasteiger partial charge is 0.494 e. The summed E-state index contributed by atoms with van der Waals surface area (Å²) in [7, 11) is 0. The summed E-state index contributed by atoms with van der Waals surface area (Å²) in [4.78, 5) is 27.4. The fourth-order valence-corrected chi connectivity index (χ4v) is 6.46. The lowest BCUT2D eigenvalue weighted by molar-refractivity contribution is -0.136. The molecule has 0 saturated carbocycles. The molecule has 0 amide bonds. The molecular weight excluding hydrogens is 787 g/mol. The second-order valence-corrected chi connectivity index (χ2v) is 13.7. The summed E-state index contributed by atoms with van der Waals surface area (Å²) < 4.78 is 97.1. The van der Waals surface area contributed by atoms with Crippen molar-refractivity contribution in [3.05, 3.63) is 157 Å². The molecule has 0 spiro atoms. The highest BCUT2D eigenvalue weighted by molar-refractivity contribution is 6.04. The Morgan fingerprint density at radius 3 is 0.983 bits per heavy atom. The summed E-state index contributed by atoms with van der Waals surface area (Å²) in [6.45, 7) is 0.243. The molecule has 0 saturated heterocycles. The van der Waals surface area contributed by atoms with Crippen molar-refractivity contribution in [1.29, 1.82) is 0 Å². The monoisotopic (exact) mass is 826 g/mol. The van der Waals surface area contributed by atoms with Crippen LogP contribution >= 0.6 is 0 Å². The zero-order valence-electron chi connectivity index (χ0n) is 32.2. The Hall–Kier alpha value is -6.56. The van der Waals surface area contributed by atoms with Gasteiger partial charge in [0.2, 0.25) is 0 Å². The first-order valence-electron chi connectivity index (χ1n) is 19.3. The van der Waals surface area contributed by atoms with Crippen LogP contribution in [0.1, 0.15) is 59.2 Å². The predicted molar refractivity (Wildman–Crippen MR) is 216 cm³/mol. The zero-order valence-corrected chi connectivity index (χ0v) is 32.2. The minimum Gasteiger partial charge on any atom is -0.494 e. The molecule has 0 aliphatic rings. The minimum absolute atomic E-state index is 0.0326. The Bertz CT molecular complexity index is 2190. The number of carbonyl (C=O) groups is 2. The maximum atomic E-state index is 13.7. The van der Waals surface area contributed by atoms with Gasteiger partial charge in [-0.25, -0.2) is 9.59 Å². The van der Waals surface area contributed by atoms with Crippen LogP contribution < -0.4 is 18.9 Å². The number of carbonyl (C=O) groups excluding carboxylic acids is 2. The highest BCUT2D eigenvalue weighted by Crippen LogP contribution is 2.40. The van der Waals surface area contributed by atoms with Crippen molar-refractivity contribution in [2.75, 3.05) is 13.2 Å². The molecule has 0 fully saturated rings. The summed E-state index contributed by atoms with van der Waals surface area (Å²) in [5.41, 5.74) is 4.83. The van der Waals surface area contributed by atoms with Gasteiger partial charge < -0.3 is 18.9 Å². The number of hydrogen-bond donors (Lipinski definition) is 0. The van der Waals surface area contributed by atoms with E-state index in [1.807, 2.05) is 72.8 Å². The van der Waals surface area contributed by atoms with Gasteiger partial charge in [0.05, 0.1) is 24.3 Å². The Balaban J connectivity index is 1.18. The van der Waals surface area contributed by atoms with Gasteiger partial charge in [0.1, 0.15) is 23.0 Å². The summed E-state index contributed by atoms with van der Waals surface area (Å²) in [5, 5.41) is 0. The summed E-state index contributed by atoms with van der Waals surface area (Å²) in [6.07, 6.45) is -9.70. The fraction of sp³-hybridized carbons (Fsp3) is 0.208. The summed E-state index contributed by atoms with van der Waals surface area (Å²) >= 11 is 0. The van der Waals surface area contributed by atoms with Gasteiger partial charge >= 0.3 is 24.3 Å². The zero-order chi connectivity index (χ0) is 42.5. The Labute approximate surface area is 343 Å². The number of alkyl halides is 6. The van der Waals surface area contributed by atoms with Gasteiger partial charge in [-0.2, -0.15) is 26.3 Å². The second-order valence-electron chi connectivity index (χ2n) is 13.7. The van der Waals surface area contributed by atoms with E-state index in [2.05, 4.69) is 0 Å². The molecule has 0 unspecified atom stereocenters. The molecule has 0 aliphatic carbocycles. The lowest BCUT2D eigenvalue weighted by Gasteiger charge is -2.18. The third-order valence-corrected chi connectivity index (χ3v) is 9.33. The van der Waals surface area contributed by atoms with E-state index >= 15 is 0 Å². The molecule has 0 bridgehead atoms. The maximum absolute atomic E-state index is 13.7. The van der Waals surface area contributed by atoms with E-state index in [-0.39, 0.29) is 50.4 Å². The maximum Gasteiger partial charge on any atom is 0.389 e. The molecular formula is C48H40F6O6. The molecule has 0 aliphatic heterocycles. The van der Waals surface area contributed by atoms with Crippen LogP contribution in [0.5, 0.6) is 23.0 Å². The quantitative estimate of drug-likeness (QED) is 0.0395. The third-order valence-electron chi connectivity index (χ3n) is 9.33. The van der Waals surface area contributed by atoms with Crippen LogP contribution in [-0.4, -0.2) is 37.5 Å². The van der Waals surface area contributed by atoms with E-state index < -0.39 is 37.1 Å². The molecule has 12 heteroatoms. The molecule has 60 heavy (non-hydrogen) atoms. The fourth-order valence-electron chi connectivity index (χ4n) is 6.46. The van der Waals surface area contributed by atoms with E-state index in [4.69, 9.17) is 18.9 Å². The van der Waals surface area contributed by atoms with Crippen molar-refractivity contribution in [1.82, 2.24) is 0 Å². The SMILES string of the molecule is O=C(Oc1ccc(OCCCCC(F)(F)F)cc1)c1ccccc1-c1ccccc1-c1ccccc1-c1ccccc1C(=O)Oc1ccc(OCCCCC(F)(F)F)cc1. The number of esters is 2. The van der Waals surface area contributed by atoms with Crippen molar-refractivity contribution < 1.29 is 54.9 Å². The predicted octanol–water partition coefficient (Wildman–Crippen LogP) is 13.3. The molecule has 0 heterocycles. The van der Waals surface area contributed by atoms with E-state index in [0.29, 0.717) is 33.8 Å². The van der Waals surface area contributed by atoms with Crippen molar-refractivity contribution in [2.45, 2.75) is 50.9 Å². The lowest BCUT2D eigenvalue weighted by atomic mass is 9.87. The number of hydrogen-bond acceptors (Lipinski definition) is 6. The van der Waals surface area contributed by atoms with Gasteiger partial charge in [-0.05, 0) is 120 Å². The topological polar surface area (TPSA) is 71.1 Å².